The molecule has 2 aromatic rings. The Morgan fingerprint density at radius 3 is 2.83 bits per heavy atom. The lowest BCUT2D eigenvalue weighted by Gasteiger charge is -2.14. The molecule has 18 heavy (non-hydrogen) atoms. The molecule has 4 nitrogen and oxygen atoms in total. The fourth-order valence-corrected chi connectivity index (χ4v) is 2.25. The second-order valence-corrected chi connectivity index (χ2v) is 5.06. The van der Waals surface area contributed by atoms with E-state index in [1.807, 2.05) is 0 Å². The first-order valence-corrected chi connectivity index (χ1v) is 6.40. The molecule has 2 rings (SSSR count). The predicted octanol–water partition coefficient (Wildman–Crippen LogP) is 2.93. The van der Waals surface area contributed by atoms with Crippen molar-refractivity contribution in [3.63, 3.8) is 0 Å². The number of aliphatic hydroxyl groups excluding tert-OH is 1. The molecule has 0 amide bonds. The molecule has 0 bridgehead atoms. The summed E-state index contributed by atoms with van der Waals surface area (Å²) in [7, 11) is 3.30. The monoisotopic (exact) mass is 330 g/mol. The first-order valence-electron chi connectivity index (χ1n) is 5.23. The fraction of sp³-hybridized carbons (Fsp3) is 0.250. The highest BCUT2D eigenvalue weighted by atomic mass is 79.9. The van der Waals surface area contributed by atoms with Crippen LogP contribution in [-0.2, 0) is 7.05 Å². The molecular formula is C12H12BrClN2O2. The molecule has 1 aromatic heterocycles. The average Bonchev–Trinajstić information content (AvgIpc) is 2.73. The number of aliphatic hydroxyl groups is 1. The number of methoxy groups -OCH3 is 1. The van der Waals surface area contributed by atoms with Gasteiger partial charge in [0.1, 0.15) is 11.8 Å². The molecule has 1 heterocycles. The molecule has 0 fully saturated rings. The number of hydrogen-bond donors (Lipinski definition) is 1. The topological polar surface area (TPSA) is 47.3 Å². The van der Waals surface area contributed by atoms with Gasteiger partial charge >= 0.3 is 0 Å². The average molecular weight is 332 g/mol. The molecule has 6 heteroatoms. The first kappa shape index (κ1) is 13.4. The van der Waals surface area contributed by atoms with Crippen LogP contribution < -0.4 is 4.74 Å². The lowest BCUT2D eigenvalue weighted by Crippen LogP contribution is -2.08. The van der Waals surface area contributed by atoms with Crippen LogP contribution in [0.15, 0.2) is 28.9 Å². The van der Waals surface area contributed by atoms with E-state index in [-0.39, 0.29) is 0 Å². The van der Waals surface area contributed by atoms with Crippen LogP contribution in [0.1, 0.15) is 17.4 Å². The largest absolute Gasteiger partial charge is 0.493 e. The molecule has 0 saturated heterocycles. The van der Waals surface area contributed by atoms with Gasteiger partial charge in [-0.05, 0) is 33.6 Å². The van der Waals surface area contributed by atoms with E-state index in [4.69, 9.17) is 16.3 Å². The van der Waals surface area contributed by atoms with Crippen molar-refractivity contribution in [2.24, 2.45) is 7.05 Å². The summed E-state index contributed by atoms with van der Waals surface area (Å²) in [6.45, 7) is 0. The zero-order chi connectivity index (χ0) is 13.3. The molecule has 1 aromatic carbocycles. The Morgan fingerprint density at radius 2 is 2.22 bits per heavy atom. The zero-order valence-electron chi connectivity index (χ0n) is 9.89. The molecule has 0 saturated carbocycles. The zero-order valence-corrected chi connectivity index (χ0v) is 12.2. The maximum absolute atomic E-state index is 10.4. The van der Waals surface area contributed by atoms with Crippen molar-refractivity contribution < 1.29 is 9.84 Å². The van der Waals surface area contributed by atoms with Gasteiger partial charge in [0.25, 0.3) is 0 Å². The van der Waals surface area contributed by atoms with Crippen LogP contribution >= 0.6 is 27.5 Å². The predicted molar refractivity (Wildman–Crippen MR) is 73.0 cm³/mol. The van der Waals surface area contributed by atoms with Gasteiger partial charge in [-0.1, -0.05) is 17.7 Å². The maximum atomic E-state index is 10.4. The highest BCUT2D eigenvalue weighted by molar-refractivity contribution is 9.10. The Labute approximate surface area is 118 Å². The summed E-state index contributed by atoms with van der Waals surface area (Å²) in [6.07, 6.45) is 0.754. The molecule has 1 unspecified atom stereocenters. The smallest absolute Gasteiger partial charge is 0.162 e. The van der Waals surface area contributed by atoms with E-state index in [9.17, 15) is 5.11 Å². The number of benzene rings is 1. The standard InChI is InChI=1S/C12H12BrClN2O2/c1-16-11(10(18-2)6-15-16)12(17)7-3-4-9(14)8(13)5-7/h3-6,12,17H,1-2H3. The van der Waals surface area contributed by atoms with E-state index < -0.39 is 6.10 Å². The minimum Gasteiger partial charge on any atom is -0.493 e. The Bertz CT molecular complexity index is 571. The Balaban J connectivity index is 2.44. The van der Waals surface area contributed by atoms with Crippen LogP contribution in [0.4, 0.5) is 0 Å². The highest BCUT2D eigenvalue weighted by Gasteiger charge is 2.20. The number of rotatable bonds is 3. The van der Waals surface area contributed by atoms with E-state index in [0.717, 1.165) is 4.47 Å². The van der Waals surface area contributed by atoms with Crippen molar-refractivity contribution in [3.05, 3.63) is 45.1 Å². The molecular weight excluding hydrogens is 320 g/mol. The van der Waals surface area contributed by atoms with Gasteiger partial charge in [0.2, 0.25) is 0 Å². The molecule has 0 aliphatic rings. The SMILES string of the molecule is COc1cnn(C)c1C(O)c1ccc(Cl)c(Br)c1. The third kappa shape index (κ3) is 2.39. The van der Waals surface area contributed by atoms with Crippen LogP contribution in [0.3, 0.4) is 0 Å². The highest BCUT2D eigenvalue weighted by Crippen LogP contribution is 2.32. The number of aromatic nitrogens is 2. The fourth-order valence-electron chi connectivity index (χ4n) is 1.74. The third-order valence-electron chi connectivity index (χ3n) is 2.69. The molecule has 0 aliphatic carbocycles. The molecule has 0 aliphatic heterocycles. The number of ether oxygens (including phenoxy) is 1. The van der Waals surface area contributed by atoms with E-state index >= 15 is 0 Å². The molecule has 0 spiro atoms. The normalized spacial score (nSPS) is 12.5. The van der Waals surface area contributed by atoms with Crippen LogP contribution in [-0.4, -0.2) is 22.0 Å². The van der Waals surface area contributed by atoms with Crippen LogP contribution in [0, 0.1) is 0 Å². The van der Waals surface area contributed by atoms with Gasteiger partial charge < -0.3 is 9.84 Å². The van der Waals surface area contributed by atoms with Gasteiger partial charge in [0.15, 0.2) is 5.75 Å². The van der Waals surface area contributed by atoms with Gasteiger partial charge in [-0.3, -0.25) is 4.68 Å². The van der Waals surface area contributed by atoms with E-state index in [1.165, 1.54) is 0 Å². The molecule has 0 radical (unpaired) electrons. The summed E-state index contributed by atoms with van der Waals surface area (Å²) in [6, 6.07) is 5.27. The van der Waals surface area contributed by atoms with Gasteiger partial charge in [-0.2, -0.15) is 5.10 Å². The summed E-state index contributed by atoms with van der Waals surface area (Å²) in [5.74, 6) is 0.552. The Morgan fingerprint density at radius 1 is 1.50 bits per heavy atom. The Hall–Kier alpha value is -1.04. The van der Waals surface area contributed by atoms with E-state index in [0.29, 0.717) is 22.0 Å². The van der Waals surface area contributed by atoms with Gasteiger partial charge in [0, 0.05) is 11.5 Å². The Kier molecular flexibility index (Phi) is 3.94. The summed E-state index contributed by atoms with van der Waals surface area (Å²) in [5.41, 5.74) is 1.32. The second kappa shape index (κ2) is 5.30. The number of hydrogen-bond acceptors (Lipinski definition) is 3. The van der Waals surface area contributed by atoms with Crippen molar-refractivity contribution in [3.8, 4) is 5.75 Å². The van der Waals surface area contributed by atoms with Crippen LogP contribution in [0.25, 0.3) is 0 Å². The molecule has 96 valence electrons. The van der Waals surface area contributed by atoms with E-state index in [1.54, 1.807) is 43.2 Å². The summed E-state index contributed by atoms with van der Waals surface area (Å²) < 4.78 is 7.51. The quantitative estimate of drug-likeness (QED) is 0.940. The van der Waals surface area contributed by atoms with Crippen molar-refractivity contribution in [1.29, 1.82) is 0 Å². The minimum atomic E-state index is -0.819. The van der Waals surface area contributed by atoms with Crippen LogP contribution in [0.2, 0.25) is 5.02 Å². The lowest BCUT2D eigenvalue weighted by atomic mass is 10.1. The second-order valence-electron chi connectivity index (χ2n) is 3.80. The van der Waals surface area contributed by atoms with E-state index in [2.05, 4.69) is 21.0 Å². The van der Waals surface area contributed by atoms with Crippen LogP contribution in [0.5, 0.6) is 5.75 Å². The minimum absolute atomic E-state index is 0.552. The van der Waals surface area contributed by atoms with Crippen molar-refractivity contribution in [2.45, 2.75) is 6.10 Å². The van der Waals surface area contributed by atoms with Gasteiger partial charge in [-0.25, -0.2) is 0 Å². The maximum Gasteiger partial charge on any atom is 0.162 e. The van der Waals surface area contributed by atoms with Crippen molar-refractivity contribution >= 4 is 27.5 Å². The molecule has 1 atom stereocenters. The lowest BCUT2D eigenvalue weighted by molar-refractivity contribution is 0.204. The first-order chi connectivity index (χ1) is 8.54. The van der Waals surface area contributed by atoms with Crippen molar-refractivity contribution in [1.82, 2.24) is 9.78 Å². The number of nitrogens with zero attached hydrogens (tertiary/aromatic N) is 2. The number of aryl methyl sites for hydroxylation is 1. The van der Waals surface area contributed by atoms with Gasteiger partial charge in [-0.15, -0.1) is 0 Å². The van der Waals surface area contributed by atoms with Crippen molar-refractivity contribution in [2.75, 3.05) is 7.11 Å². The van der Waals surface area contributed by atoms with Gasteiger partial charge in [0.05, 0.1) is 18.3 Å². The molecule has 1 N–H and O–H groups in total. The third-order valence-corrected chi connectivity index (χ3v) is 3.90. The number of halogens is 2. The summed E-state index contributed by atoms with van der Waals surface area (Å²) >= 11 is 9.26. The summed E-state index contributed by atoms with van der Waals surface area (Å²) in [4.78, 5) is 0. The summed E-state index contributed by atoms with van der Waals surface area (Å²) in [5, 5.41) is 15.1.